The van der Waals surface area contributed by atoms with Crippen LogP contribution in [0.25, 0.3) is 0 Å². The molecule has 8 nitrogen and oxygen atoms in total. The fraction of sp³-hybridized carbons (Fsp3) is 0.552. The summed E-state index contributed by atoms with van der Waals surface area (Å²) in [6.45, 7) is 8.62. The number of nitrogens with one attached hydrogen (secondary N) is 3. The van der Waals surface area contributed by atoms with E-state index in [4.69, 9.17) is 32.7 Å². The van der Waals surface area contributed by atoms with Crippen LogP contribution in [0.5, 0.6) is 11.5 Å². The molecule has 39 heavy (non-hydrogen) atoms. The Morgan fingerprint density at radius 3 is 2.21 bits per heavy atom. The van der Waals surface area contributed by atoms with Gasteiger partial charge in [-0.3, -0.25) is 15.1 Å². The number of methoxy groups -OCH3 is 2. The summed E-state index contributed by atoms with van der Waals surface area (Å²) >= 11 is 13.4. The van der Waals surface area contributed by atoms with Crippen molar-refractivity contribution in [2.45, 2.75) is 57.3 Å². The van der Waals surface area contributed by atoms with Gasteiger partial charge < -0.3 is 19.7 Å². The van der Waals surface area contributed by atoms with E-state index in [-0.39, 0.29) is 30.0 Å². The van der Waals surface area contributed by atoms with Gasteiger partial charge in [0, 0.05) is 67.1 Å². The number of anilines is 1. The zero-order chi connectivity index (χ0) is 27.7. The highest BCUT2D eigenvalue weighted by atomic mass is 35.5. The lowest BCUT2D eigenvalue weighted by Gasteiger charge is -2.38. The lowest BCUT2D eigenvalue weighted by Crippen LogP contribution is -2.49. The van der Waals surface area contributed by atoms with E-state index in [1.807, 2.05) is 12.1 Å². The first-order valence-corrected chi connectivity index (χ1v) is 14.6. The molecule has 2 aromatic rings. The Labute approximate surface area is 241 Å². The Hall–Kier alpha value is -2.23. The third-order valence-electron chi connectivity index (χ3n) is 8.60. The minimum Gasteiger partial charge on any atom is -0.495 e. The van der Waals surface area contributed by atoms with Crippen molar-refractivity contribution in [3.63, 3.8) is 0 Å². The number of benzene rings is 2. The molecule has 212 valence electrons. The number of ether oxygens (including phenoxy) is 2. The maximum atomic E-state index is 13.1. The summed E-state index contributed by atoms with van der Waals surface area (Å²) in [5, 5.41) is 4.27. The number of nitrogens with zero attached hydrogens (tertiary/aromatic N) is 2. The zero-order valence-corrected chi connectivity index (χ0v) is 24.6. The van der Waals surface area contributed by atoms with Crippen molar-refractivity contribution >= 4 is 34.8 Å². The topological polar surface area (TPSA) is 78.1 Å². The smallest absolute Gasteiger partial charge is 0.252 e. The maximum Gasteiger partial charge on any atom is 0.252 e. The Kier molecular flexibility index (Phi) is 8.79. The van der Waals surface area contributed by atoms with Crippen LogP contribution in [-0.4, -0.2) is 69.5 Å². The molecule has 2 aromatic carbocycles. The minimum atomic E-state index is -0.155. The van der Waals surface area contributed by atoms with Gasteiger partial charge in [-0.25, -0.2) is 5.43 Å². The van der Waals surface area contributed by atoms with Crippen molar-refractivity contribution in [3.8, 4) is 11.5 Å². The lowest BCUT2D eigenvalue weighted by molar-refractivity contribution is 0.0915. The number of hydrazine groups is 1. The van der Waals surface area contributed by atoms with E-state index in [2.05, 4.69) is 51.9 Å². The number of rotatable bonds is 7. The molecule has 4 unspecified atom stereocenters. The molecule has 0 aromatic heterocycles. The summed E-state index contributed by atoms with van der Waals surface area (Å²) < 4.78 is 10.9. The fourth-order valence-corrected chi connectivity index (χ4v) is 7.09. The van der Waals surface area contributed by atoms with Gasteiger partial charge in [-0.2, -0.15) is 0 Å². The monoisotopic (exact) mass is 575 g/mol. The van der Waals surface area contributed by atoms with Crippen LogP contribution in [0.2, 0.25) is 10.0 Å². The number of carbonyl (C=O) groups excluding carboxylic acids is 1. The van der Waals surface area contributed by atoms with Crippen molar-refractivity contribution in [1.82, 2.24) is 21.1 Å². The molecule has 5 rings (SSSR count). The van der Waals surface area contributed by atoms with Crippen molar-refractivity contribution in [2.75, 3.05) is 45.3 Å². The highest BCUT2D eigenvalue weighted by Crippen LogP contribution is 2.49. The SMILES string of the molecule is COc1cc(OC)c(Cl)c(C2CCC3C(C2)NNC3NC(=O)c2ccc(N3CCN(C(C)C)CC3)cc2)c1Cl. The molecule has 10 heteroatoms. The molecule has 3 aliphatic rings. The summed E-state index contributed by atoms with van der Waals surface area (Å²) in [6, 6.07) is 10.4. The maximum absolute atomic E-state index is 13.1. The second kappa shape index (κ2) is 12.1. The number of hydrogen-bond donors (Lipinski definition) is 3. The fourth-order valence-electron chi connectivity index (χ4n) is 6.28. The Balaban J connectivity index is 1.19. The number of amides is 1. The second-order valence-corrected chi connectivity index (χ2v) is 11.8. The standard InChI is InChI=1S/C29H39Cl2N5O3/c1-17(2)35-11-13-36(14-12-35)20-8-5-18(6-9-20)29(37)32-28-21-10-7-19(15-22(21)33-34-28)25-26(30)23(38-3)16-24(39-4)27(25)31/h5-6,8-9,16-17,19,21-22,28,33-34H,7,10-15H2,1-4H3,(H,32,37). The van der Waals surface area contributed by atoms with Gasteiger partial charge in [0.1, 0.15) is 11.5 Å². The van der Waals surface area contributed by atoms with Crippen LogP contribution in [0.3, 0.4) is 0 Å². The van der Waals surface area contributed by atoms with Crippen LogP contribution in [-0.2, 0) is 0 Å². The predicted octanol–water partition coefficient (Wildman–Crippen LogP) is 4.66. The van der Waals surface area contributed by atoms with Crippen molar-refractivity contribution in [2.24, 2.45) is 5.92 Å². The molecule has 4 atom stereocenters. The van der Waals surface area contributed by atoms with Crippen LogP contribution in [0.4, 0.5) is 5.69 Å². The van der Waals surface area contributed by atoms with Gasteiger partial charge in [-0.15, -0.1) is 0 Å². The molecular weight excluding hydrogens is 537 g/mol. The van der Waals surface area contributed by atoms with Crippen molar-refractivity contribution in [1.29, 1.82) is 0 Å². The quantitative estimate of drug-likeness (QED) is 0.443. The molecule has 1 amide bonds. The van der Waals surface area contributed by atoms with Crippen LogP contribution < -0.4 is 30.5 Å². The number of carbonyl (C=O) groups is 1. The summed E-state index contributed by atoms with van der Waals surface area (Å²) in [7, 11) is 3.18. The first-order valence-electron chi connectivity index (χ1n) is 13.8. The van der Waals surface area contributed by atoms with Crippen LogP contribution in [0.1, 0.15) is 54.9 Å². The molecule has 0 spiro atoms. The largest absolute Gasteiger partial charge is 0.495 e. The van der Waals surface area contributed by atoms with Gasteiger partial charge in [0.15, 0.2) is 0 Å². The molecule has 1 aliphatic carbocycles. The van der Waals surface area contributed by atoms with Crippen molar-refractivity contribution in [3.05, 3.63) is 51.5 Å². The van der Waals surface area contributed by atoms with Gasteiger partial charge in [0.2, 0.25) is 0 Å². The van der Waals surface area contributed by atoms with Crippen molar-refractivity contribution < 1.29 is 14.3 Å². The molecule has 3 N–H and O–H groups in total. The highest BCUT2D eigenvalue weighted by Gasteiger charge is 2.42. The average Bonchev–Trinajstić information content (AvgIpc) is 3.35. The van der Waals surface area contributed by atoms with Crippen LogP contribution in [0.15, 0.2) is 30.3 Å². The summed E-state index contributed by atoms with van der Waals surface area (Å²) in [6.07, 6.45) is 2.48. The molecule has 0 radical (unpaired) electrons. The van der Waals surface area contributed by atoms with E-state index < -0.39 is 0 Å². The zero-order valence-electron chi connectivity index (χ0n) is 23.1. The third-order valence-corrected chi connectivity index (χ3v) is 9.38. The first-order chi connectivity index (χ1) is 18.8. The number of halogens is 2. The molecule has 1 saturated carbocycles. The number of hydrogen-bond acceptors (Lipinski definition) is 7. The van der Waals surface area contributed by atoms with Gasteiger partial charge >= 0.3 is 0 Å². The van der Waals surface area contributed by atoms with Crippen LogP contribution in [0, 0.1) is 5.92 Å². The Morgan fingerprint density at radius 2 is 1.62 bits per heavy atom. The minimum absolute atomic E-state index is 0.0723. The van der Waals surface area contributed by atoms with E-state index in [9.17, 15) is 4.79 Å². The number of piperazine rings is 1. The third kappa shape index (κ3) is 5.81. The molecule has 2 saturated heterocycles. The molecule has 0 bridgehead atoms. The molecule has 2 heterocycles. The van der Waals surface area contributed by atoms with E-state index in [1.165, 1.54) is 5.69 Å². The van der Waals surface area contributed by atoms with E-state index >= 15 is 0 Å². The van der Waals surface area contributed by atoms with Crippen LogP contribution >= 0.6 is 23.2 Å². The van der Waals surface area contributed by atoms with E-state index in [0.29, 0.717) is 33.1 Å². The van der Waals surface area contributed by atoms with E-state index in [1.54, 1.807) is 20.3 Å². The first kappa shape index (κ1) is 28.3. The Bertz CT molecular complexity index is 1140. The predicted molar refractivity (Wildman–Crippen MR) is 156 cm³/mol. The van der Waals surface area contributed by atoms with Gasteiger partial charge in [0.25, 0.3) is 5.91 Å². The molecule has 2 aliphatic heterocycles. The Morgan fingerprint density at radius 1 is 0.974 bits per heavy atom. The van der Waals surface area contributed by atoms with Gasteiger partial charge in [0.05, 0.1) is 30.4 Å². The summed E-state index contributed by atoms with van der Waals surface area (Å²) in [5.41, 5.74) is 9.42. The molecule has 3 fully saturated rings. The number of fused-ring (bicyclic) bond motifs is 1. The normalized spacial score (nSPS) is 25.5. The lowest BCUT2D eigenvalue weighted by atomic mass is 9.75. The second-order valence-electron chi connectivity index (χ2n) is 11.0. The van der Waals surface area contributed by atoms with Gasteiger partial charge in [-0.05, 0) is 63.3 Å². The molecular formula is C29H39Cl2N5O3. The summed E-state index contributed by atoms with van der Waals surface area (Å²) in [5.74, 6) is 1.45. The van der Waals surface area contributed by atoms with E-state index in [0.717, 1.165) is 51.0 Å². The average molecular weight is 577 g/mol. The highest BCUT2D eigenvalue weighted by molar-refractivity contribution is 6.38. The van der Waals surface area contributed by atoms with Gasteiger partial charge in [-0.1, -0.05) is 23.2 Å². The summed E-state index contributed by atoms with van der Waals surface area (Å²) in [4.78, 5) is 18.0.